The van der Waals surface area contributed by atoms with E-state index in [1.165, 1.54) is 37.8 Å². The lowest BCUT2D eigenvalue weighted by molar-refractivity contribution is -0.119. The van der Waals surface area contributed by atoms with Crippen molar-refractivity contribution in [2.24, 2.45) is 5.92 Å². The fourth-order valence-corrected chi connectivity index (χ4v) is 3.28. The third kappa shape index (κ3) is 2.42. The molecule has 2 aliphatic carbocycles. The molecule has 2 saturated carbocycles. The quantitative estimate of drug-likeness (QED) is 0.812. The monoisotopic (exact) mass is 247 g/mol. The summed E-state index contributed by atoms with van der Waals surface area (Å²) in [4.78, 5) is 20.5. The molecule has 1 amide bonds. The molecule has 0 unspecified atom stereocenters. The Morgan fingerprint density at radius 1 is 1.39 bits per heavy atom. The van der Waals surface area contributed by atoms with Crippen LogP contribution in [-0.4, -0.2) is 33.9 Å². The van der Waals surface area contributed by atoms with Crippen LogP contribution in [0.15, 0.2) is 12.5 Å². The molecule has 1 aromatic rings. The molecule has 2 fully saturated rings. The summed E-state index contributed by atoms with van der Waals surface area (Å²) in [5, 5.41) is 0. The SMILES string of the molecule is O=CN(CC1CCCCC1)[C@@H]1C[C@H]1c1cnc[nH]1. The first-order valence-electron chi connectivity index (χ1n) is 7.08. The molecule has 0 aliphatic heterocycles. The van der Waals surface area contributed by atoms with Gasteiger partial charge in [-0.15, -0.1) is 0 Å². The summed E-state index contributed by atoms with van der Waals surface area (Å²) in [6.07, 6.45) is 12.4. The Bertz CT molecular complexity index is 384. The third-order valence-corrected chi connectivity index (χ3v) is 4.43. The minimum absolute atomic E-state index is 0.407. The van der Waals surface area contributed by atoms with Gasteiger partial charge in [0.05, 0.1) is 6.33 Å². The highest BCUT2D eigenvalue weighted by Gasteiger charge is 2.43. The zero-order valence-corrected chi connectivity index (χ0v) is 10.7. The molecule has 1 N–H and O–H groups in total. The lowest BCUT2D eigenvalue weighted by atomic mass is 9.89. The van der Waals surface area contributed by atoms with Crippen LogP contribution in [0.3, 0.4) is 0 Å². The maximum atomic E-state index is 11.3. The highest BCUT2D eigenvalue weighted by molar-refractivity contribution is 5.50. The van der Waals surface area contributed by atoms with Crippen LogP contribution in [0.5, 0.6) is 0 Å². The molecule has 2 aliphatic rings. The number of imidazole rings is 1. The number of hydrogen-bond acceptors (Lipinski definition) is 2. The Morgan fingerprint density at radius 3 is 2.89 bits per heavy atom. The van der Waals surface area contributed by atoms with Crippen LogP contribution >= 0.6 is 0 Å². The van der Waals surface area contributed by atoms with Crippen LogP contribution in [0.4, 0.5) is 0 Å². The van der Waals surface area contributed by atoms with Crippen molar-refractivity contribution in [3.63, 3.8) is 0 Å². The maximum absolute atomic E-state index is 11.3. The first-order chi connectivity index (χ1) is 8.88. The van der Waals surface area contributed by atoms with Crippen LogP contribution in [0.1, 0.15) is 50.1 Å². The van der Waals surface area contributed by atoms with E-state index in [1.807, 2.05) is 11.1 Å². The predicted octanol–water partition coefficient (Wildman–Crippen LogP) is 2.30. The van der Waals surface area contributed by atoms with Crippen molar-refractivity contribution in [2.75, 3.05) is 6.54 Å². The van der Waals surface area contributed by atoms with Gasteiger partial charge in [-0.3, -0.25) is 4.79 Å². The van der Waals surface area contributed by atoms with Gasteiger partial charge < -0.3 is 9.88 Å². The zero-order chi connectivity index (χ0) is 12.4. The standard InChI is InChI=1S/C14H21N3O/c18-10-17(8-11-4-2-1-3-5-11)14-6-12(14)13-7-15-9-16-13/h7,9-12,14H,1-6,8H2,(H,15,16)/t12-,14+/m0/s1. The second kappa shape index (κ2) is 5.12. The summed E-state index contributed by atoms with van der Waals surface area (Å²) in [7, 11) is 0. The molecule has 18 heavy (non-hydrogen) atoms. The van der Waals surface area contributed by atoms with Crippen molar-refractivity contribution in [3.05, 3.63) is 18.2 Å². The number of nitrogens with zero attached hydrogens (tertiary/aromatic N) is 2. The average Bonchev–Trinajstić information content (AvgIpc) is 3.02. The van der Waals surface area contributed by atoms with Crippen molar-refractivity contribution in [1.82, 2.24) is 14.9 Å². The average molecular weight is 247 g/mol. The van der Waals surface area contributed by atoms with Crippen LogP contribution < -0.4 is 0 Å². The summed E-state index contributed by atoms with van der Waals surface area (Å²) in [5.74, 6) is 1.22. The van der Waals surface area contributed by atoms with Gasteiger partial charge in [-0.25, -0.2) is 4.98 Å². The van der Waals surface area contributed by atoms with Gasteiger partial charge in [0, 0.05) is 30.4 Å². The van der Waals surface area contributed by atoms with Crippen molar-refractivity contribution in [3.8, 4) is 0 Å². The first-order valence-corrected chi connectivity index (χ1v) is 7.08. The summed E-state index contributed by atoms with van der Waals surface area (Å²) in [5.41, 5.74) is 1.18. The van der Waals surface area contributed by atoms with Gasteiger partial charge in [-0.2, -0.15) is 0 Å². The Morgan fingerprint density at radius 2 is 2.22 bits per heavy atom. The summed E-state index contributed by atoms with van der Waals surface area (Å²) < 4.78 is 0. The Labute approximate surface area is 108 Å². The van der Waals surface area contributed by atoms with Gasteiger partial charge in [0.15, 0.2) is 0 Å². The van der Waals surface area contributed by atoms with Gasteiger partial charge in [-0.05, 0) is 25.2 Å². The van der Waals surface area contributed by atoms with E-state index in [1.54, 1.807) is 6.33 Å². The summed E-state index contributed by atoms with van der Waals surface area (Å²) in [6.45, 7) is 0.957. The van der Waals surface area contributed by atoms with E-state index in [2.05, 4.69) is 9.97 Å². The van der Waals surface area contributed by atoms with Crippen LogP contribution in [0.25, 0.3) is 0 Å². The van der Waals surface area contributed by atoms with Crippen LogP contribution in [-0.2, 0) is 4.79 Å². The van der Waals surface area contributed by atoms with E-state index in [0.717, 1.165) is 25.3 Å². The molecule has 1 aromatic heterocycles. The second-order valence-electron chi connectivity index (χ2n) is 5.72. The fourth-order valence-electron chi connectivity index (χ4n) is 3.28. The molecule has 4 heteroatoms. The van der Waals surface area contributed by atoms with Crippen molar-refractivity contribution < 1.29 is 4.79 Å². The van der Waals surface area contributed by atoms with Crippen molar-refractivity contribution >= 4 is 6.41 Å². The maximum Gasteiger partial charge on any atom is 0.209 e. The molecule has 0 radical (unpaired) electrons. The molecule has 0 spiro atoms. The third-order valence-electron chi connectivity index (χ3n) is 4.43. The molecular weight excluding hydrogens is 226 g/mol. The molecule has 1 heterocycles. The first kappa shape index (κ1) is 11.8. The highest BCUT2D eigenvalue weighted by atomic mass is 16.1. The molecule has 0 bridgehead atoms. The molecule has 4 nitrogen and oxygen atoms in total. The van der Waals surface area contributed by atoms with Gasteiger partial charge in [0.2, 0.25) is 6.41 Å². The summed E-state index contributed by atoms with van der Waals surface area (Å²) in [6, 6.07) is 0.407. The van der Waals surface area contributed by atoms with Crippen molar-refractivity contribution in [2.45, 2.75) is 50.5 Å². The highest BCUT2D eigenvalue weighted by Crippen LogP contribution is 2.43. The predicted molar refractivity (Wildman–Crippen MR) is 69.1 cm³/mol. The van der Waals surface area contributed by atoms with Crippen molar-refractivity contribution in [1.29, 1.82) is 0 Å². The molecule has 0 aromatic carbocycles. The van der Waals surface area contributed by atoms with Gasteiger partial charge >= 0.3 is 0 Å². The van der Waals surface area contributed by atoms with E-state index in [9.17, 15) is 4.79 Å². The summed E-state index contributed by atoms with van der Waals surface area (Å²) >= 11 is 0. The lowest BCUT2D eigenvalue weighted by Crippen LogP contribution is -2.32. The Balaban J connectivity index is 1.55. The number of carbonyl (C=O) groups is 1. The van der Waals surface area contributed by atoms with Crippen LogP contribution in [0.2, 0.25) is 0 Å². The number of amides is 1. The van der Waals surface area contributed by atoms with E-state index in [0.29, 0.717) is 12.0 Å². The number of aromatic amines is 1. The lowest BCUT2D eigenvalue weighted by Gasteiger charge is -2.27. The smallest absolute Gasteiger partial charge is 0.209 e. The number of rotatable bonds is 5. The second-order valence-corrected chi connectivity index (χ2v) is 5.72. The molecular formula is C14H21N3O. The van der Waals surface area contributed by atoms with E-state index >= 15 is 0 Å². The number of carbonyl (C=O) groups excluding carboxylic acids is 1. The fraction of sp³-hybridized carbons (Fsp3) is 0.714. The Hall–Kier alpha value is -1.32. The minimum atomic E-state index is 0.407. The topological polar surface area (TPSA) is 49.0 Å². The van der Waals surface area contributed by atoms with E-state index in [4.69, 9.17) is 0 Å². The van der Waals surface area contributed by atoms with E-state index in [-0.39, 0.29) is 0 Å². The number of aromatic nitrogens is 2. The number of hydrogen-bond donors (Lipinski definition) is 1. The largest absolute Gasteiger partial charge is 0.348 e. The molecule has 3 rings (SSSR count). The Kier molecular flexibility index (Phi) is 3.35. The number of nitrogens with one attached hydrogen (secondary N) is 1. The normalized spacial score (nSPS) is 28.0. The number of H-pyrrole nitrogens is 1. The van der Waals surface area contributed by atoms with Gasteiger partial charge in [0.25, 0.3) is 0 Å². The van der Waals surface area contributed by atoms with Gasteiger partial charge in [0.1, 0.15) is 0 Å². The molecule has 2 atom stereocenters. The molecule has 98 valence electrons. The van der Waals surface area contributed by atoms with Crippen LogP contribution in [0, 0.1) is 5.92 Å². The van der Waals surface area contributed by atoms with Gasteiger partial charge in [-0.1, -0.05) is 19.3 Å². The van der Waals surface area contributed by atoms with E-state index < -0.39 is 0 Å². The minimum Gasteiger partial charge on any atom is -0.348 e. The zero-order valence-electron chi connectivity index (χ0n) is 10.7. The molecule has 0 saturated heterocycles.